The summed E-state index contributed by atoms with van der Waals surface area (Å²) in [5.74, 6) is 0.282. The van der Waals surface area contributed by atoms with Crippen LogP contribution in [0.3, 0.4) is 0 Å². The van der Waals surface area contributed by atoms with Crippen molar-refractivity contribution < 1.29 is 28.5 Å². The molecule has 0 saturated carbocycles. The van der Waals surface area contributed by atoms with Crippen LogP contribution in [0, 0.1) is 11.8 Å². The zero-order valence-corrected chi connectivity index (χ0v) is 20.0. The van der Waals surface area contributed by atoms with Gasteiger partial charge in [0.1, 0.15) is 12.4 Å². The SMILES string of the molecule is CC(=O)OCC1O[C@H](Oc2ccc(-c3ccc(-c4nnn[nH]4)cc3)cc2)C(OC(C)=O)[C@@H](C)[C@@H]1C. The Morgan fingerprint density at radius 2 is 1.54 bits per heavy atom. The van der Waals surface area contributed by atoms with E-state index in [1.165, 1.54) is 13.8 Å². The number of aromatic amines is 1. The number of carbonyl (C=O) groups is 2. The Balaban J connectivity index is 1.48. The van der Waals surface area contributed by atoms with Crippen LogP contribution in [0.4, 0.5) is 0 Å². The molecule has 0 spiro atoms. The molecule has 1 aliphatic rings. The first-order valence-corrected chi connectivity index (χ1v) is 11.4. The fraction of sp³-hybridized carbons (Fsp3) is 0.400. The lowest BCUT2D eigenvalue weighted by atomic mass is 9.83. The van der Waals surface area contributed by atoms with E-state index >= 15 is 0 Å². The number of aromatic nitrogens is 4. The van der Waals surface area contributed by atoms with Gasteiger partial charge in [-0.25, -0.2) is 5.10 Å². The molecule has 5 atom stereocenters. The van der Waals surface area contributed by atoms with Crippen LogP contribution < -0.4 is 4.74 Å². The molecule has 1 saturated heterocycles. The summed E-state index contributed by atoms with van der Waals surface area (Å²) in [6, 6.07) is 15.4. The van der Waals surface area contributed by atoms with Gasteiger partial charge in [-0.2, -0.15) is 0 Å². The van der Waals surface area contributed by atoms with Crippen molar-refractivity contribution in [2.24, 2.45) is 11.8 Å². The fourth-order valence-electron chi connectivity index (χ4n) is 4.06. The van der Waals surface area contributed by atoms with Gasteiger partial charge in [-0.15, -0.1) is 5.10 Å². The highest BCUT2D eigenvalue weighted by Crippen LogP contribution is 2.35. The van der Waals surface area contributed by atoms with Gasteiger partial charge in [0.05, 0.1) is 6.10 Å². The molecule has 0 radical (unpaired) electrons. The standard InChI is InChI=1S/C25H28N4O6/c1-14-15(2)23(33-17(4)31)25(35-22(14)13-32-16(3)30)34-21-11-9-19(10-12-21)18-5-7-20(8-6-18)24-26-28-29-27-24/h5-12,14-15,22-23,25H,13H2,1-4H3,(H,26,27,28,29)/t14-,15-,22?,23?,25-/m0/s1. The highest BCUT2D eigenvalue weighted by atomic mass is 16.7. The molecule has 10 heteroatoms. The molecule has 2 heterocycles. The van der Waals surface area contributed by atoms with Crippen molar-refractivity contribution in [1.82, 2.24) is 20.6 Å². The Labute approximate surface area is 202 Å². The first-order chi connectivity index (χ1) is 16.8. The lowest BCUT2D eigenvalue weighted by Gasteiger charge is -2.43. The van der Waals surface area contributed by atoms with Crippen LogP contribution in [0.1, 0.15) is 27.7 Å². The maximum atomic E-state index is 11.7. The van der Waals surface area contributed by atoms with Crippen molar-refractivity contribution in [2.75, 3.05) is 6.61 Å². The van der Waals surface area contributed by atoms with Gasteiger partial charge < -0.3 is 18.9 Å². The third-order valence-electron chi connectivity index (χ3n) is 6.21. The Hall–Kier alpha value is -3.79. The number of nitrogens with one attached hydrogen (secondary N) is 1. The molecule has 0 bridgehead atoms. The zero-order valence-electron chi connectivity index (χ0n) is 20.0. The summed E-state index contributed by atoms with van der Waals surface area (Å²) in [6.45, 7) is 6.77. The summed E-state index contributed by atoms with van der Waals surface area (Å²) in [5.41, 5.74) is 2.90. The molecule has 1 N–H and O–H groups in total. The van der Waals surface area contributed by atoms with Crippen LogP contribution in [0.15, 0.2) is 48.5 Å². The number of tetrazole rings is 1. The molecule has 1 aliphatic heterocycles. The average molecular weight is 481 g/mol. The van der Waals surface area contributed by atoms with Gasteiger partial charge in [-0.05, 0) is 39.6 Å². The highest BCUT2D eigenvalue weighted by molar-refractivity contribution is 5.68. The van der Waals surface area contributed by atoms with Crippen molar-refractivity contribution in [3.05, 3.63) is 48.5 Å². The molecule has 1 aromatic heterocycles. The molecule has 1 fully saturated rings. The molecule has 0 amide bonds. The van der Waals surface area contributed by atoms with E-state index in [0.29, 0.717) is 11.6 Å². The number of ether oxygens (including phenoxy) is 4. The first kappa shape index (κ1) is 24.3. The lowest BCUT2D eigenvalue weighted by Crippen LogP contribution is -2.54. The molecule has 4 rings (SSSR count). The summed E-state index contributed by atoms with van der Waals surface area (Å²) in [5, 5.41) is 13.8. The fourth-order valence-corrected chi connectivity index (χ4v) is 4.06. The summed E-state index contributed by atoms with van der Waals surface area (Å²) in [7, 11) is 0. The lowest BCUT2D eigenvalue weighted by molar-refractivity contribution is -0.253. The third kappa shape index (κ3) is 5.83. The average Bonchev–Trinajstić information content (AvgIpc) is 3.38. The van der Waals surface area contributed by atoms with Crippen molar-refractivity contribution in [1.29, 1.82) is 0 Å². The largest absolute Gasteiger partial charge is 0.463 e. The molecule has 3 aromatic rings. The topological polar surface area (TPSA) is 126 Å². The van der Waals surface area contributed by atoms with Crippen molar-refractivity contribution >= 4 is 11.9 Å². The van der Waals surface area contributed by atoms with E-state index < -0.39 is 18.4 Å². The normalized spacial score (nSPS) is 23.9. The number of carbonyl (C=O) groups excluding carboxylic acids is 2. The summed E-state index contributed by atoms with van der Waals surface area (Å²) < 4.78 is 22.9. The second kappa shape index (κ2) is 10.6. The number of esters is 2. The number of benzene rings is 2. The van der Waals surface area contributed by atoms with Gasteiger partial charge in [0.2, 0.25) is 6.29 Å². The predicted octanol–water partition coefficient (Wildman–Crippen LogP) is 3.40. The van der Waals surface area contributed by atoms with Crippen molar-refractivity contribution in [3.63, 3.8) is 0 Å². The summed E-state index contributed by atoms with van der Waals surface area (Å²) >= 11 is 0. The van der Waals surface area contributed by atoms with E-state index in [1.807, 2.05) is 62.4 Å². The highest BCUT2D eigenvalue weighted by Gasteiger charge is 2.45. The number of hydrogen-bond donors (Lipinski definition) is 1. The number of H-pyrrole nitrogens is 1. The van der Waals surface area contributed by atoms with E-state index in [9.17, 15) is 9.59 Å². The molecule has 2 aromatic carbocycles. The predicted molar refractivity (Wildman–Crippen MR) is 125 cm³/mol. The maximum Gasteiger partial charge on any atom is 0.303 e. The van der Waals surface area contributed by atoms with Gasteiger partial charge in [-0.3, -0.25) is 9.59 Å². The summed E-state index contributed by atoms with van der Waals surface area (Å²) in [6.07, 6.45) is -1.83. The number of rotatable bonds is 7. The number of nitrogens with zero attached hydrogens (tertiary/aromatic N) is 3. The van der Waals surface area contributed by atoms with Crippen molar-refractivity contribution in [2.45, 2.75) is 46.2 Å². The Bertz CT molecular complexity index is 1130. The van der Waals surface area contributed by atoms with Gasteiger partial charge >= 0.3 is 11.9 Å². The van der Waals surface area contributed by atoms with Gasteiger partial charge in [-0.1, -0.05) is 50.2 Å². The van der Waals surface area contributed by atoms with E-state index in [0.717, 1.165) is 16.7 Å². The van der Waals surface area contributed by atoms with Crippen LogP contribution >= 0.6 is 0 Å². The van der Waals surface area contributed by atoms with Crippen LogP contribution in [0.2, 0.25) is 0 Å². The Kier molecular flexibility index (Phi) is 7.40. The van der Waals surface area contributed by atoms with Crippen molar-refractivity contribution in [3.8, 4) is 28.3 Å². The quantitative estimate of drug-likeness (QED) is 0.506. The maximum absolute atomic E-state index is 11.7. The third-order valence-corrected chi connectivity index (χ3v) is 6.21. The molecular weight excluding hydrogens is 452 g/mol. The van der Waals surface area contributed by atoms with E-state index in [-0.39, 0.29) is 30.5 Å². The summed E-state index contributed by atoms with van der Waals surface area (Å²) in [4.78, 5) is 23.0. The smallest absolute Gasteiger partial charge is 0.303 e. The van der Waals surface area contributed by atoms with Crippen LogP contribution in [0.25, 0.3) is 22.5 Å². The second-order valence-corrected chi connectivity index (χ2v) is 8.61. The van der Waals surface area contributed by atoms with Crippen LogP contribution in [0.5, 0.6) is 5.75 Å². The second-order valence-electron chi connectivity index (χ2n) is 8.61. The minimum atomic E-state index is -0.841. The van der Waals surface area contributed by atoms with E-state index in [2.05, 4.69) is 20.6 Å². The zero-order chi connectivity index (χ0) is 24.9. The molecule has 184 valence electrons. The molecule has 35 heavy (non-hydrogen) atoms. The van der Waals surface area contributed by atoms with E-state index in [1.54, 1.807) is 0 Å². The monoisotopic (exact) mass is 480 g/mol. The van der Waals surface area contributed by atoms with Gasteiger partial charge in [0.25, 0.3) is 0 Å². The molecule has 2 unspecified atom stereocenters. The molecular formula is C25H28N4O6. The molecule has 10 nitrogen and oxygen atoms in total. The minimum Gasteiger partial charge on any atom is -0.463 e. The van der Waals surface area contributed by atoms with Crippen LogP contribution in [-0.2, 0) is 23.8 Å². The number of hydrogen-bond acceptors (Lipinski definition) is 9. The van der Waals surface area contributed by atoms with Gasteiger partial charge in [0.15, 0.2) is 11.9 Å². The van der Waals surface area contributed by atoms with Gasteiger partial charge in [0, 0.05) is 25.3 Å². The van der Waals surface area contributed by atoms with E-state index in [4.69, 9.17) is 18.9 Å². The minimum absolute atomic E-state index is 0.0170. The Morgan fingerprint density at radius 1 is 0.914 bits per heavy atom. The molecule has 0 aliphatic carbocycles. The Morgan fingerprint density at radius 3 is 2.11 bits per heavy atom. The first-order valence-electron chi connectivity index (χ1n) is 11.4. The van der Waals surface area contributed by atoms with Crippen LogP contribution in [-0.4, -0.2) is 57.7 Å².